The average molecular weight is 458 g/mol. The second-order valence-electron chi connectivity index (χ2n) is 7.21. The summed E-state index contributed by atoms with van der Waals surface area (Å²) in [7, 11) is 1.49. The summed E-state index contributed by atoms with van der Waals surface area (Å²) >= 11 is 6.36. The highest BCUT2D eigenvalue weighted by Crippen LogP contribution is 2.42. The minimum Gasteiger partial charge on any atom is -0.493 e. The Balaban J connectivity index is 2.20. The number of aliphatic carboxylic acids is 1. The lowest BCUT2D eigenvalue weighted by Gasteiger charge is -2.33. The van der Waals surface area contributed by atoms with Crippen molar-refractivity contribution in [2.45, 2.75) is 38.0 Å². The van der Waals surface area contributed by atoms with Gasteiger partial charge in [0, 0.05) is 11.6 Å². The normalized spacial score (nSPS) is 18.1. The van der Waals surface area contributed by atoms with Crippen LogP contribution in [0.2, 0.25) is 5.02 Å². The minimum absolute atomic E-state index is 0.128. The topological polar surface area (TPSA) is 59.0 Å². The van der Waals surface area contributed by atoms with Crippen molar-refractivity contribution < 1.29 is 32.5 Å². The number of hydrogen-bond donors (Lipinski definition) is 1. The van der Waals surface area contributed by atoms with Gasteiger partial charge in [0.2, 0.25) is 0 Å². The number of methoxy groups -OCH3 is 1. The number of halogens is 4. The van der Waals surface area contributed by atoms with Gasteiger partial charge in [0.25, 0.3) is 0 Å². The quantitative estimate of drug-likeness (QED) is 0.603. The monoisotopic (exact) mass is 457 g/mol. The fourth-order valence-corrected chi connectivity index (χ4v) is 4.20. The van der Waals surface area contributed by atoms with Crippen molar-refractivity contribution in [3.63, 3.8) is 0 Å². The fraction of sp³-hybridized carbons (Fsp3) is 0.409. The van der Waals surface area contributed by atoms with Crippen molar-refractivity contribution in [1.29, 1.82) is 0 Å². The summed E-state index contributed by atoms with van der Waals surface area (Å²) in [6.07, 6.45) is -3.55. The number of ether oxygens (including phenoxy) is 2. The van der Waals surface area contributed by atoms with Crippen molar-refractivity contribution >= 4 is 17.6 Å². The molecule has 0 bridgehead atoms. The molecule has 2 atom stereocenters. The summed E-state index contributed by atoms with van der Waals surface area (Å²) in [5.41, 5.74) is -0.0857. The molecule has 0 aromatic heterocycles. The van der Waals surface area contributed by atoms with E-state index in [1.807, 2.05) is 0 Å². The van der Waals surface area contributed by atoms with Crippen LogP contribution >= 0.6 is 11.6 Å². The van der Waals surface area contributed by atoms with E-state index in [0.29, 0.717) is 43.1 Å². The Hall–Kier alpha value is -2.45. The Morgan fingerprint density at radius 1 is 1.26 bits per heavy atom. The molecule has 0 saturated carbocycles. The molecule has 1 heterocycles. The molecule has 9 heteroatoms. The van der Waals surface area contributed by atoms with Crippen molar-refractivity contribution in [2.24, 2.45) is 0 Å². The van der Waals surface area contributed by atoms with Gasteiger partial charge in [-0.1, -0.05) is 17.7 Å². The third kappa shape index (κ3) is 4.91. The summed E-state index contributed by atoms with van der Waals surface area (Å²) < 4.78 is 51.2. The van der Waals surface area contributed by atoms with Crippen LogP contribution in [0, 0.1) is 0 Å². The number of rotatable bonds is 7. The van der Waals surface area contributed by atoms with Crippen LogP contribution in [0.4, 0.5) is 13.2 Å². The molecule has 1 fully saturated rings. The molecule has 1 aliphatic rings. The van der Waals surface area contributed by atoms with Crippen molar-refractivity contribution in [2.75, 3.05) is 20.3 Å². The molecular weight excluding hydrogens is 435 g/mol. The Morgan fingerprint density at radius 3 is 2.61 bits per heavy atom. The lowest BCUT2D eigenvalue weighted by atomic mass is 9.94. The van der Waals surface area contributed by atoms with E-state index in [-0.39, 0.29) is 10.6 Å². The number of alkyl halides is 3. The van der Waals surface area contributed by atoms with Crippen LogP contribution in [0.25, 0.3) is 0 Å². The highest BCUT2D eigenvalue weighted by molar-refractivity contribution is 6.31. The SMILES string of the molecule is CCOc1cc(C(c2cc(C(F)(F)F)ccc2Cl)N2CCCC2C(=O)O)ccc1OC. The predicted molar refractivity (Wildman–Crippen MR) is 110 cm³/mol. The van der Waals surface area contributed by atoms with E-state index >= 15 is 0 Å². The molecule has 1 saturated heterocycles. The molecule has 2 aromatic carbocycles. The smallest absolute Gasteiger partial charge is 0.416 e. The number of hydrogen-bond acceptors (Lipinski definition) is 4. The van der Waals surface area contributed by atoms with Crippen LogP contribution in [0.15, 0.2) is 36.4 Å². The summed E-state index contributed by atoms with van der Waals surface area (Å²) in [5.74, 6) is -0.137. The first-order chi connectivity index (χ1) is 14.7. The molecule has 0 spiro atoms. The molecule has 3 rings (SSSR count). The molecular formula is C22H23ClF3NO4. The molecule has 0 amide bonds. The average Bonchev–Trinajstić information content (AvgIpc) is 3.19. The first kappa shape index (κ1) is 23.2. The van der Waals surface area contributed by atoms with E-state index in [9.17, 15) is 23.1 Å². The Bertz CT molecular complexity index is 951. The summed E-state index contributed by atoms with van der Waals surface area (Å²) in [4.78, 5) is 13.5. The van der Waals surface area contributed by atoms with Gasteiger partial charge in [-0.15, -0.1) is 0 Å². The number of carbonyl (C=O) groups is 1. The van der Waals surface area contributed by atoms with Crippen LogP contribution in [0.1, 0.15) is 42.5 Å². The van der Waals surface area contributed by atoms with Gasteiger partial charge in [0.1, 0.15) is 6.04 Å². The van der Waals surface area contributed by atoms with Crippen LogP contribution in [-0.4, -0.2) is 42.3 Å². The number of carboxylic acids is 1. The predicted octanol–water partition coefficient (Wildman–Crippen LogP) is 5.40. The first-order valence-electron chi connectivity index (χ1n) is 9.83. The Morgan fingerprint density at radius 2 is 2.00 bits per heavy atom. The maximum atomic E-state index is 13.4. The fourth-order valence-electron chi connectivity index (χ4n) is 3.97. The van der Waals surface area contributed by atoms with Crippen LogP contribution in [0.5, 0.6) is 11.5 Å². The van der Waals surface area contributed by atoms with E-state index in [0.717, 1.165) is 12.1 Å². The van der Waals surface area contributed by atoms with E-state index in [2.05, 4.69) is 0 Å². The molecule has 5 nitrogen and oxygen atoms in total. The number of carboxylic acid groups (broad SMARTS) is 1. The molecule has 2 aromatic rings. The molecule has 0 aliphatic carbocycles. The van der Waals surface area contributed by atoms with Crippen molar-refractivity contribution in [3.8, 4) is 11.5 Å². The molecule has 2 unspecified atom stereocenters. The van der Waals surface area contributed by atoms with E-state index < -0.39 is 29.8 Å². The largest absolute Gasteiger partial charge is 0.493 e. The highest BCUT2D eigenvalue weighted by atomic mass is 35.5. The maximum Gasteiger partial charge on any atom is 0.416 e. The van der Waals surface area contributed by atoms with E-state index in [1.165, 1.54) is 13.2 Å². The van der Waals surface area contributed by atoms with Gasteiger partial charge in [0.15, 0.2) is 11.5 Å². The van der Waals surface area contributed by atoms with Gasteiger partial charge in [-0.25, -0.2) is 0 Å². The number of likely N-dealkylation sites (tertiary alicyclic amines) is 1. The number of benzene rings is 2. The maximum absolute atomic E-state index is 13.4. The summed E-state index contributed by atoms with van der Waals surface area (Å²) in [6.45, 7) is 2.56. The lowest BCUT2D eigenvalue weighted by Crippen LogP contribution is -2.39. The van der Waals surface area contributed by atoms with Crippen molar-refractivity contribution in [3.05, 3.63) is 58.1 Å². The summed E-state index contributed by atoms with van der Waals surface area (Å²) in [6, 6.07) is 6.49. The van der Waals surface area contributed by atoms with E-state index in [1.54, 1.807) is 30.0 Å². The van der Waals surface area contributed by atoms with Gasteiger partial charge in [-0.2, -0.15) is 13.2 Å². The zero-order valence-corrected chi connectivity index (χ0v) is 17.8. The Kier molecular flexibility index (Phi) is 7.01. The zero-order chi connectivity index (χ0) is 22.8. The number of nitrogens with zero attached hydrogens (tertiary/aromatic N) is 1. The van der Waals surface area contributed by atoms with Gasteiger partial charge < -0.3 is 14.6 Å². The highest BCUT2D eigenvalue weighted by Gasteiger charge is 2.39. The van der Waals surface area contributed by atoms with Gasteiger partial charge >= 0.3 is 12.1 Å². The van der Waals surface area contributed by atoms with Gasteiger partial charge in [0.05, 0.1) is 25.3 Å². The summed E-state index contributed by atoms with van der Waals surface area (Å²) in [5, 5.41) is 9.83. The van der Waals surface area contributed by atoms with E-state index in [4.69, 9.17) is 21.1 Å². The van der Waals surface area contributed by atoms with Crippen LogP contribution in [-0.2, 0) is 11.0 Å². The first-order valence-corrected chi connectivity index (χ1v) is 10.2. The van der Waals surface area contributed by atoms with Crippen LogP contribution < -0.4 is 9.47 Å². The van der Waals surface area contributed by atoms with Gasteiger partial charge in [-0.05, 0) is 61.2 Å². The lowest BCUT2D eigenvalue weighted by molar-refractivity contribution is -0.143. The second-order valence-corrected chi connectivity index (χ2v) is 7.62. The third-order valence-electron chi connectivity index (χ3n) is 5.33. The minimum atomic E-state index is -4.56. The Labute approximate surface area is 183 Å². The molecule has 31 heavy (non-hydrogen) atoms. The van der Waals surface area contributed by atoms with Gasteiger partial charge in [-0.3, -0.25) is 9.69 Å². The van der Waals surface area contributed by atoms with Crippen LogP contribution in [0.3, 0.4) is 0 Å². The molecule has 0 radical (unpaired) electrons. The standard InChI is InChI=1S/C22H23ClF3NO4/c1-3-31-19-11-13(6-9-18(19)30-2)20(27-10-4-5-17(27)21(28)29)15-12-14(22(24,25)26)7-8-16(15)23/h6-9,11-12,17,20H,3-5,10H2,1-2H3,(H,28,29). The third-order valence-corrected chi connectivity index (χ3v) is 5.68. The molecule has 1 N–H and O–H groups in total. The second kappa shape index (κ2) is 9.36. The molecule has 1 aliphatic heterocycles. The molecule has 168 valence electrons. The van der Waals surface area contributed by atoms with Crippen molar-refractivity contribution in [1.82, 2.24) is 4.90 Å². The zero-order valence-electron chi connectivity index (χ0n) is 17.1.